The summed E-state index contributed by atoms with van der Waals surface area (Å²) in [7, 11) is 3.15. The number of aliphatic carboxylic acids is 1. The fourth-order valence-electron chi connectivity index (χ4n) is 3.22. The van der Waals surface area contributed by atoms with Gasteiger partial charge in [-0.15, -0.1) is 0 Å². The Morgan fingerprint density at radius 2 is 1.79 bits per heavy atom. The van der Waals surface area contributed by atoms with Gasteiger partial charge in [0.1, 0.15) is 0 Å². The van der Waals surface area contributed by atoms with E-state index in [1.807, 2.05) is 18.2 Å². The number of rotatable bonds is 7. The van der Waals surface area contributed by atoms with E-state index in [0.717, 1.165) is 18.4 Å². The third-order valence-electron chi connectivity index (χ3n) is 4.57. The summed E-state index contributed by atoms with van der Waals surface area (Å²) >= 11 is 0. The third-order valence-corrected chi connectivity index (χ3v) is 4.57. The minimum absolute atomic E-state index is 0.190. The van der Waals surface area contributed by atoms with Gasteiger partial charge in [-0.25, -0.2) is 0 Å². The lowest BCUT2D eigenvalue weighted by Gasteiger charge is -2.31. The van der Waals surface area contributed by atoms with Gasteiger partial charge in [-0.05, 0) is 37.0 Å². The lowest BCUT2D eigenvalue weighted by atomic mass is 9.78. The van der Waals surface area contributed by atoms with Crippen molar-refractivity contribution in [1.29, 1.82) is 0 Å². The predicted octanol–water partition coefficient (Wildman–Crippen LogP) is 0.919. The molecule has 1 aromatic carbocycles. The zero-order chi connectivity index (χ0) is 17.5. The summed E-state index contributed by atoms with van der Waals surface area (Å²) in [4.78, 5) is 23.5. The van der Waals surface area contributed by atoms with Crippen LogP contribution in [0.1, 0.15) is 31.2 Å². The maximum atomic E-state index is 12.3. The summed E-state index contributed by atoms with van der Waals surface area (Å²) in [6, 6.07) is 5.61. The number of carboxylic acids is 1. The van der Waals surface area contributed by atoms with Gasteiger partial charge < -0.3 is 24.7 Å². The average molecular weight is 334 g/mol. The van der Waals surface area contributed by atoms with Gasteiger partial charge in [-0.2, -0.15) is 0 Å². The van der Waals surface area contributed by atoms with E-state index >= 15 is 0 Å². The van der Waals surface area contributed by atoms with Crippen molar-refractivity contribution in [2.45, 2.75) is 32.1 Å². The molecule has 1 fully saturated rings. The van der Waals surface area contributed by atoms with Crippen molar-refractivity contribution in [2.75, 3.05) is 20.8 Å². The highest BCUT2D eigenvalue weighted by molar-refractivity contribution is 5.84. The second-order valence-corrected chi connectivity index (χ2v) is 6.05. The van der Waals surface area contributed by atoms with Crippen molar-refractivity contribution < 1.29 is 24.2 Å². The highest BCUT2D eigenvalue weighted by Gasteiger charge is 2.31. The third kappa shape index (κ3) is 4.40. The van der Waals surface area contributed by atoms with Crippen LogP contribution >= 0.6 is 0 Å². The van der Waals surface area contributed by atoms with Crippen LogP contribution in [0.4, 0.5) is 0 Å². The molecule has 1 N–H and O–H groups in total. The average Bonchev–Trinajstić information content (AvgIpc) is 2.61. The molecule has 0 bridgehead atoms. The molecule has 0 aliphatic heterocycles. The number of carbonyl (C=O) groups excluding carboxylic acids is 2. The van der Waals surface area contributed by atoms with Gasteiger partial charge in [0, 0.05) is 24.3 Å². The first-order chi connectivity index (χ1) is 11.6. The molecule has 2 rings (SSSR count). The Morgan fingerprint density at radius 3 is 2.42 bits per heavy atom. The molecule has 0 saturated heterocycles. The van der Waals surface area contributed by atoms with E-state index in [1.165, 1.54) is 0 Å². The first kappa shape index (κ1) is 18.1. The number of methoxy groups -OCH3 is 2. The Labute approximate surface area is 142 Å². The Bertz CT molecular complexity index is 587. The van der Waals surface area contributed by atoms with Crippen molar-refractivity contribution in [2.24, 2.45) is 11.8 Å². The number of carbonyl (C=O) groups is 2. The van der Waals surface area contributed by atoms with Crippen LogP contribution in [0.3, 0.4) is 0 Å². The van der Waals surface area contributed by atoms with Crippen molar-refractivity contribution in [3.05, 3.63) is 23.8 Å². The van der Waals surface area contributed by atoms with E-state index in [0.29, 0.717) is 37.3 Å². The monoisotopic (exact) mass is 334 g/mol. The second kappa shape index (κ2) is 8.57. The van der Waals surface area contributed by atoms with Crippen molar-refractivity contribution in [1.82, 2.24) is 5.32 Å². The van der Waals surface area contributed by atoms with Gasteiger partial charge in [-0.3, -0.25) is 4.79 Å². The Hall–Kier alpha value is -2.24. The highest BCUT2D eigenvalue weighted by atomic mass is 16.5. The van der Waals surface area contributed by atoms with Crippen LogP contribution < -0.4 is 19.9 Å². The molecular formula is C18H24NO5-. The van der Waals surface area contributed by atoms with E-state index < -0.39 is 17.8 Å². The van der Waals surface area contributed by atoms with Gasteiger partial charge in [0.15, 0.2) is 11.5 Å². The SMILES string of the molecule is COc1ccc(CCNC(=O)[C@H]2CCCC[C@H]2C(=O)[O-])cc1OC. The standard InChI is InChI=1S/C18H25NO5/c1-23-15-8-7-12(11-16(15)24-2)9-10-19-17(20)13-5-3-4-6-14(13)18(21)22/h7-8,11,13-14H,3-6,9-10H2,1-2H3,(H,19,20)(H,21,22)/p-1/t13-,14+/m0/s1. The van der Waals surface area contributed by atoms with Crippen LogP contribution in [-0.2, 0) is 16.0 Å². The van der Waals surface area contributed by atoms with E-state index in [-0.39, 0.29) is 5.91 Å². The second-order valence-electron chi connectivity index (χ2n) is 6.05. The molecule has 1 aliphatic rings. The van der Waals surface area contributed by atoms with E-state index in [9.17, 15) is 14.7 Å². The minimum Gasteiger partial charge on any atom is -0.550 e. The molecule has 1 amide bonds. The van der Waals surface area contributed by atoms with Crippen LogP contribution in [-0.4, -0.2) is 32.6 Å². The lowest BCUT2D eigenvalue weighted by Crippen LogP contribution is -2.44. The molecule has 0 unspecified atom stereocenters. The summed E-state index contributed by atoms with van der Waals surface area (Å²) in [6.45, 7) is 0.449. The number of hydrogen-bond acceptors (Lipinski definition) is 5. The predicted molar refractivity (Wildman–Crippen MR) is 86.7 cm³/mol. The van der Waals surface area contributed by atoms with Gasteiger partial charge >= 0.3 is 0 Å². The van der Waals surface area contributed by atoms with Gasteiger partial charge in [0.25, 0.3) is 0 Å². The molecule has 6 nitrogen and oxygen atoms in total. The van der Waals surface area contributed by atoms with Crippen LogP contribution in [0.15, 0.2) is 18.2 Å². The molecule has 1 aliphatic carbocycles. The normalized spacial score (nSPS) is 20.2. The fourth-order valence-corrected chi connectivity index (χ4v) is 3.22. The largest absolute Gasteiger partial charge is 0.550 e. The molecule has 0 spiro atoms. The van der Waals surface area contributed by atoms with Crippen LogP contribution in [0.5, 0.6) is 11.5 Å². The van der Waals surface area contributed by atoms with Gasteiger partial charge in [0.2, 0.25) is 5.91 Å². The van der Waals surface area contributed by atoms with Crippen LogP contribution in [0.2, 0.25) is 0 Å². The Kier molecular flexibility index (Phi) is 6.46. The molecule has 0 radical (unpaired) electrons. The molecule has 6 heteroatoms. The first-order valence-corrected chi connectivity index (χ1v) is 8.26. The minimum atomic E-state index is -1.12. The van der Waals surface area contributed by atoms with E-state index in [1.54, 1.807) is 14.2 Å². The van der Waals surface area contributed by atoms with E-state index in [2.05, 4.69) is 5.32 Å². The zero-order valence-electron chi connectivity index (χ0n) is 14.2. The van der Waals surface area contributed by atoms with E-state index in [4.69, 9.17) is 9.47 Å². The number of hydrogen-bond donors (Lipinski definition) is 1. The molecule has 132 valence electrons. The van der Waals surface area contributed by atoms with Crippen molar-refractivity contribution in [3.63, 3.8) is 0 Å². The fraction of sp³-hybridized carbons (Fsp3) is 0.556. The maximum Gasteiger partial charge on any atom is 0.223 e. The molecule has 1 saturated carbocycles. The Morgan fingerprint density at radius 1 is 1.12 bits per heavy atom. The number of amides is 1. The molecule has 0 heterocycles. The summed E-state index contributed by atoms with van der Waals surface area (Å²) in [6.07, 6.45) is 3.50. The summed E-state index contributed by atoms with van der Waals surface area (Å²) in [5.74, 6) is -1.15. The van der Waals surface area contributed by atoms with Crippen molar-refractivity contribution >= 4 is 11.9 Å². The molecule has 1 aromatic rings. The molecule has 2 atom stereocenters. The van der Waals surface area contributed by atoms with Gasteiger partial charge in [0.05, 0.1) is 14.2 Å². The number of carboxylic acid groups (broad SMARTS) is 1. The summed E-state index contributed by atoms with van der Waals surface area (Å²) in [5, 5.41) is 14.0. The zero-order valence-corrected chi connectivity index (χ0v) is 14.2. The maximum absolute atomic E-state index is 12.3. The number of ether oxygens (including phenoxy) is 2. The van der Waals surface area contributed by atoms with Gasteiger partial charge in [-0.1, -0.05) is 18.9 Å². The number of nitrogens with one attached hydrogen (secondary N) is 1. The Balaban J connectivity index is 1.89. The first-order valence-electron chi connectivity index (χ1n) is 8.26. The summed E-state index contributed by atoms with van der Waals surface area (Å²) in [5.41, 5.74) is 1.01. The van der Waals surface area contributed by atoms with Crippen LogP contribution in [0.25, 0.3) is 0 Å². The summed E-state index contributed by atoms with van der Waals surface area (Å²) < 4.78 is 10.4. The topological polar surface area (TPSA) is 87.7 Å². The quantitative estimate of drug-likeness (QED) is 0.801. The smallest absolute Gasteiger partial charge is 0.223 e. The lowest BCUT2D eigenvalue weighted by molar-refractivity contribution is -0.314. The van der Waals surface area contributed by atoms with Crippen molar-refractivity contribution in [3.8, 4) is 11.5 Å². The highest BCUT2D eigenvalue weighted by Crippen LogP contribution is 2.30. The number of benzene rings is 1. The van der Waals surface area contributed by atoms with Crippen LogP contribution in [0, 0.1) is 11.8 Å². The molecular weight excluding hydrogens is 310 g/mol. The molecule has 24 heavy (non-hydrogen) atoms. The molecule has 0 aromatic heterocycles.